The fraction of sp³-hybridized carbons (Fsp3) is 0.263. The molecule has 0 N–H and O–H groups in total. The molecule has 3 aromatic rings. The zero-order chi connectivity index (χ0) is 19.0. The van der Waals surface area contributed by atoms with Gasteiger partial charge in [0.1, 0.15) is 17.3 Å². The van der Waals surface area contributed by atoms with E-state index in [1.807, 2.05) is 6.07 Å². The predicted octanol–water partition coefficient (Wildman–Crippen LogP) is 2.51. The van der Waals surface area contributed by atoms with Gasteiger partial charge >= 0.3 is 0 Å². The standard InChI is InChI=1S/C19H15F2N5O/c20-15-5-3-6-16(21)18(15)25-9-8-12(23-25)11-26-19(27)14(10-22)13-4-1-2-7-17(13)24-26/h3,5-6,8-9H,1-2,4,7,11H2. The summed E-state index contributed by atoms with van der Waals surface area (Å²) in [4.78, 5) is 12.6. The molecule has 0 bridgehead atoms. The van der Waals surface area contributed by atoms with E-state index < -0.39 is 17.2 Å². The highest BCUT2D eigenvalue weighted by atomic mass is 19.1. The van der Waals surface area contributed by atoms with E-state index in [1.165, 1.54) is 16.9 Å². The first-order chi connectivity index (χ1) is 13.1. The molecule has 0 saturated heterocycles. The summed E-state index contributed by atoms with van der Waals surface area (Å²) in [6.45, 7) is 0.0177. The van der Waals surface area contributed by atoms with Crippen molar-refractivity contribution in [3.63, 3.8) is 0 Å². The number of halogens is 2. The number of aryl methyl sites for hydroxylation is 1. The summed E-state index contributed by atoms with van der Waals surface area (Å²) in [6.07, 6.45) is 4.73. The maximum atomic E-state index is 13.9. The number of hydrogen-bond acceptors (Lipinski definition) is 4. The second-order valence-electron chi connectivity index (χ2n) is 6.40. The molecule has 0 fully saturated rings. The molecule has 0 unspecified atom stereocenters. The van der Waals surface area contributed by atoms with Gasteiger partial charge in [-0.05, 0) is 49.4 Å². The molecule has 0 amide bonds. The largest absolute Gasteiger partial charge is 0.285 e. The number of benzene rings is 1. The van der Waals surface area contributed by atoms with Gasteiger partial charge in [0.05, 0.1) is 17.9 Å². The third kappa shape index (κ3) is 3.01. The molecule has 2 heterocycles. The van der Waals surface area contributed by atoms with Crippen LogP contribution >= 0.6 is 0 Å². The van der Waals surface area contributed by atoms with Crippen molar-refractivity contribution in [2.45, 2.75) is 32.2 Å². The van der Waals surface area contributed by atoms with Gasteiger partial charge in [-0.3, -0.25) is 4.79 Å². The van der Waals surface area contributed by atoms with Crippen LogP contribution in [0.1, 0.15) is 35.4 Å². The van der Waals surface area contributed by atoms with Crippen LogP contribution in [0.5, 0.6) is 0 Å². The highest BCUT2D eigenvalue weighted by molar-refractivity contribution is 5.39. The molecule has 0 radical (unpaired) electrons. The number of fused-ring (bicyclic) bond motifs is 1. The van der Waals surface area contributed by atoms with Gasteiger partial charge in [-0.1, -0.05) is 6.07 Å². The number of aromatic nitrogens is 4. The van der Waals surface area contributed by atoms with Crippen molar-refractivity contribution >= 4 is 0 Å². The van der Waals surface area contributed by atoms with Crippen molar-refractivity contribution in [2.24, 2.45) is 0 Å². The number of para-hydroxylation sites is 1. The summed E-state index contributed by atoms with van der Waals surface area (Å²) in [5, 5.41) is 17.9. The van der Waals surface area contributed by atoms with Gasteiger partial charge in [0, 0.05) is 6.20 Å². The Balaban J connectivity index is 1.71. The lowest BCUT2D eigenvalue weighted by atomic mass is 9.93. The fourth-order valence-corrected chi connectivity index (χ4v) is 3.37. The summed E-state index contributed by atoms with van der Waals surface area (Å²) in [6, 6.07) is 7.13. The molecule has 6 nitrogen and oxygen atoms in total. The summed E-state index contributed by atoms with van der Waals surface area (Å²) in [7, 11) is 0. The smallest absolute Gasteiger partial charge is 0.266 e. The minimum atomic E-state index is -0.736. The van der Waals surface area contributed by atoms with Crippen LogP contribution in [-0.4, -0.2) is 19.6 Å². The molecule has 136 valence electrons. The van der Waals surface area contributed by atoms with Crippen LogP contribution in [0.3, 0.4) is 0 Å². The van der Waals surface area contributed by atoms with E-state index in [-0.39, 0.29) is 17.8 Å². The Kier molecular flexibility index (Phi) is 4.28. The summed E-state index contributed by atoms with van der Waals surface area (Å²) < 4.78 is 30.1. The van der Waals surface area contributed by atoms with Gasteiger partial charge < -0.3 is 0 Å². The van der Waals surface area contributed by atoms with Crippen LogP contribution in [0.15, 0.2) is 35.3 Å². The Morgan fingerprint density at radius 3 is 2.59 bits per heavy atom. The topological polar surface area (TPSA) is 76.5 Å². The number of hydrogen-bond donors (Lipinski definition) is 0. The summed E-state index contributed by atoms with van der Waals surface area (Å²) in [5.41, 5.74) is 1.28. The number of rotatable bonds is 3. The van der Waals surface area contributed by atoms with Crippen LogP contribution in [-0.2, 0) is 19.4 Å². The van der Waals surface area contributed by atoms with Crippen molar-refractivity contribution < 1.29 is 8.78 Å². The molecular weight excluding hydrogens is 352 g/mol. The Morgan fingerprint density at radius 2 is 1.85 bits per heavy atom. The second-order valence-corrected chi connectivity index (χ2v) is 6.40. The molecule has 2 aromatic heterocycles. The average Bonchev–Trinajstić information content (AvgIpc) is 3.10. The van der Waals surface area contributed by atoms with E-state index in [0.717, 1.165) is 47.3 Å². The predicted molar refractivity (Wildman–Crippen MR) is 92.4 cm³/mol. The minimum Gasteiger partial charge on any atom is -0.266 e. The quantitative estimate of drug-likeness (QED) is 0.713. The zero-order valence-electron chi connectivity index (χ0n) is 14.3. The van der Waals surface area contributed by atoms with Crippen LogP contribution in [0.2, 0.25) is 0 Å². The van der Waals surface area contributed by atoms with Gasteiger partial charge in [0.25, 0.3) is 5.56 Å². The van der Waals surface area contributed by atoms with Gasteiger partial charge in [0.2, 0.25) is 0 Å². The van der Waals surface area contributed by atoms with E-state index in [4.69, 9.17) is 0 Å². The molecule has 0 atom stereocenters. The van der Waals surface area contributed by atoms with Crippen molar-refractivity contribution in [1.82, 2.24) is 19.6 Å². The Bertz CT molecular complexity index is 1110. The van der Waals surface area contributed by atoms with Crippen molar-refractivity contribution in [1.29, 1.82) is 5.26 Å². The lowest BCUT2D eigenvalue weighted by Crippen LogP contribution is -2.30. The van der Waals surface area contributed by atoms with Crippen LogP contribution in [0.4, 0.5) is 8.78 Å². The van der Waals surface area contributed by atoms with Crippen LogP contribution in [0.25, 0.3) is 5.69 Å². The normalized spacial score (nSPS) is 13.2. The van der Waals surface area contributed by atoms with Gasteiger partial charge in [-0.15, -0.1) is 0 Å². The first-order valence-corrected chi connectivity index (χ1v) is 8.60. The first kappa shape index (κ1) is 17.1. The Morgan fingerprint density at radius 1 is 1.11 bits per heavy atom. The van der Waals surface area contributed by atoms with Gasteiger partial charge in [-0.2, -0.15) is 15.5 Å². The van der Waals surface area contributed by atoms with E-state index in [1.54, 1.807) is 6.07 Å². The first-order valence-electron chi connectivity index (χ1n) is 8.60. The minimum absolute atomic E-state index is 0.0177. The molecule has 1 aromatic carbocycles. The Hall–Kier alpha value is -3.34. The number of nitrogens with zero attached hydrogens (tertiary/aromatic N) is 5. The highest BCUT2D eigenvalue weighted by Gasteiger charge is 2.20. The van der Waals surface area contributed by atoms with Crippen molar-refractivity contribution in [3.05, 3.63) is 75.0 Å². The van der Waals surface area contributed by atoms with Crippen molar-refractivity contribution in [3.8, 4) is 11.8 Å². The van der Waals surface area contributed by atoms with E-state index >= 15 is 0 Å². The highest BCUT2D eigenvalue weighted by Crippen LogP contribution is 2.21. The van der Waals surface area contributed by atoms with E-state index in [0.29, 0.717) is 12.1 Å². The van der Waals surface area contributed by atoms with Crippen LogP contribution < -0.4 is 5.56 Å². The molecule has 0 saturated carbocycles. The van der Waals surface area contributed by atoms with Gasteiger partial charge in [0.15, 0.2) is 11.6 Å². The van der Waals surface area contributed by atoms with E-state index in [9.17, 15) is 18.8 Å². The Labute approximate surface area is 153 Å². The molecule has 0 spiro atoms. The molecular formula is C19H15F2N5O. The van der Waals surface area contributed by atoms with E-state index in [2.05, 4.69) is 10.2 Å². The lowest BCUT2D eigenvalue weighted by molar-refractivity contribution is 0.550. The molecule has 8 heteroatoms. The lowest BCUT2D eigenvalue weighted by Gasteiger charge is -2.17. The van der Waals surface area contributed by atoms with Crippen LogP contribution in [0, 0.1) is 23.0 Å². The third-order valence-corrected chi connectivity index (χ3v) is 4.66. The third-order valence-electron chi connectivity index (χ3n) is 4.66. The average molecular weight is 367 g/mol. The SMILES string of the molecule is N#Cc1c2c(nn(Cc3ccn(-c4c(F)cccc4F)n3)c1=O)CCCC2. The summed E-state index contributed by atoms with van der Waals surface area (Å²) >= 11 is 0. The number of nitriles is 1. The molecule has 1 aliphatic rings. The molecule has 27 heavy (non-hydrogen) atoms. The monoisotopic (exact) mass is 367 g/mol. The molecule has 0 aliphatic heterocycles. The maximum absolute atomic E-state index is 13.9. The fourth-order valence-electron chi connectivity index (χ4n) is 3.37. The van der Waals surface area contributed by atoms with Crippen molar-refractivity contribution in [2.75, 3.05) is 0 Å². The van der Waals surface area contributed by atoms with Gasteiger partial charge in [-0.25, -0.2) is 18.1 Å². The zero-order valence-corrected chi connectivity index (χ0v) is 14.3. The molecule has 1 aliphatic carbocycles. The maximum Gasteiger partial charge on any atom is 0.285 e. The molecule has 4 rings (SSSR count). The summed E-state index contributed by atoms with van der Waals surface area (Å²) in [5.74, 6) is -1.47. The second kappa shape index (κ2) is 6.76.